The highest BCUT2D eigenvalue weighted by Gasteiger charge is 2.02. The Hall–Kier alpha value is -0.530. The van der Waals surface area contributed by atoms with Crippen LogP contribution in [0.1, 0.15) is 194 Å². The standard InChI is InChI=1S/C32H64O2/c1-3-5-7-9-11-13-14-15-16-17-18-19-20-21-22-23-25-27-29-31-34-32(33)30-28-26-24-12-10-8-6-4-2/h3-31H2,1-2H3. The minimum absolute atomic E-state index is 0.0217. The Kier molecular flexibility index (Phi) is 30.0. The Bertz CT molecular complexity index is 379. The fourth-order valence-corrected chi connectivity index (χ4v) is 4.84. The first-order valence-corrected chi connectivity index (χ1v) is 16.0. The van der Waals surface area contributed by atoms with Crippen molar-refractivity contribution in [2.75, 3.05) is 6.61 Å². The Labute approximate surface area is 215 Å². The second-order valence-electron chi connectivity index (χ2n) is 10.8. The summed E-state index contributed by atoms with van der Waals surface area (Å²) in [6.07, 6.45) is 37.3. The number of esters is 1. The SMILES string of the molecule is CCCCCCCCCCCCCCCCCCCCCOC(=O)CCCCCCCCCC. The van der Waals surface area contributed by atoms with E-state index in [9.17, 15) is 4.79 Å². The molecule has 34 heavy (non-hydrogen) atoms. The fraction of sp³-hybridized carbons (Fsp3) is 0.969. The van der Waals surface area contributed by atoms with Crippen LogP contribution >= 0.6 is 0 Å². The van der Waals surface area contributed by atoms with E-state index < -0.39 is 0 Å². The number of rotatable bonds is 29. The lowest BCUT2D eigenvalue weighted by atomic mass is 10.0. The Balaban J connectivity index is 3.11. The zero-order valence-electron chi connectivity index (χ0n) is 23.8. The lowest BCUT2D eigenvalue weighted by molar-refractivity contribution is -0.143. The van der Waals surface area contributed by atoms with Gasteiger partial charge in [-0.15, -0.1) is 0 Å². The average molecular weight is 481 g/mol. The van der Waals surface area contributed by atoms with Crippen molar-refractivity contribution in [2.24, 2.45) is 0 Å². The summed E-state index contributed by atoms with van der Waals surface area (Å²) in [7, 11) is 0. The molecule has 0 rings (SSSR count). The van der Waals surface area contributed by atoms with Crippen LogP contribution in [0.4, 0.5) is 0 Å². The normalized spacial score (nSPS) is 11.2. The predicted molar refractivity (Wildman–Crippen MR) is 152 cm³/mol. The predicted octanol–water partition coefficient (Wildman–Crippen LogP) is 11.5. The first-order valence-electron chi connectivity index (χ1n) is 16.0. The van der Waals surface area contributed by atoms with Crippen LogP contribution in [0.25, 0.3) is 0 Å². The first-order chi connectivity index (χ1) is 16.8. The zero-order valence-corrected chi connectivity index (χ0v) is 23.8. The summed E-state index contributed by atoms with van der Waals surface area (Å²) in [6, 6.07) is 0. The van der Waals surface area contributed by atoms with E-state index in [2.05, 4.69) is 13.8 Å². The van der Waals surface area contributed by atoms with Gasteiger partial charge < -0.3 is 4.74 Å². The van der Waals surface area contributed by atoms with E-state index in [-0.39, 0.29) is 5.97 Å². The molecule has 0 aliphatic rings. The van der Waals surface area contributed by atoms with E-state index in [1.165, 1.54) is 161 Å². The summed E-state index contributed by atoms with van der Waals surface area (Å²) in [6.45, 7) is 5.18. The molecule has 0 fully saturated rings. The van der Waals surface area contributed by atoms with E-state index in [1.54, 1.807) is 0 Å². The number of hydrogen-bond donors (Lipinski definition) is 0. The van der Waals surface area contributed by atoms with Gasteiger partial charge in [0, 0.05) is 6.42 Å². The second kappa shape index (κ2) is 30.5. The molecule has 0 aliphatic heterocycles. The molecule has 0 bridgehead atoms. The van der Waals surface area contributed by atoms with Crippen molar-refractivity contribution in [3.8, 4) is 0 Å². The molecule has 0 aromatic heterocycles. The smallest absolute Gasteiger partial charge is 0.305 e. The molecular formula is C32H64O2. The number of carbonyl (C=O) groups excluding carboxylic acids is 1. The van der Waals surface area contributed by atoms with E-state index in [0.29, 0.717) is 13.0 Å². The third-order valence-electron chi connectivity index (χ3n) is 7.25. The molecule has 0 aliphatic carbocycles. The molecule has 0 saturated carbocycles. The van der Waals surface area contributed by atoms with Gasteiger partial charge in [-0.3, -0.25) is 4.79 Å². The van der Waals surface area contributed by atoms with Crippen LogP contribution in [0.5, 0.6) is 0 Å². The Morgan fingerprint density at radius 3 is 0.971 bits per heavy atom. The molecule has 2 nitrogen and oxygen atoms in total. The van der Waals surface area contributed by atoms with Gasteiger partial charge in [-0.05, 0) is 12.8 Å². The van der Waals surface area contributed by atoms with Crippen LogP contribution < -0.4 is 0 Å². The molecule has 0 aromatic carbocycles. The van der Waals surface area contributed by atoms with Crippen molar-refractivity contribution in [1.82, 2.24) is 0 Å². The second-order valence-corrected chi connectivity index (χ2v) is 10.8. The molecule has 204 valence electrons. The molecule has 0 spiro atoms. The van der Waals surface area contributed by atoms with Crippen LogP contribution in [0.2, 0.25) is 0 Å². The maximum atomic E-state index is 11.8. The maximum absolute atomic E-state index is 11.8. The van der Waals surface area contributed by atoms with Gasteiger partial charge in [-0.2, -0.15) is 0 Å². The number of carbonyl (C=O) groups is 1. The fourth-order valence-electron chi connectivity index (χ4n) is 4.84. The highest BCUT2D eigenvalue weighted by molar-refractivity contribution is 5.69. The van der Waals surface area contributed by atoms with Gasteiger partial charge >= 0.3 is 5.97 Å². The molecule has 0 heterocycles. The van der Waals surface area contributed by atoms with Crippen molar-refractivity contribution < 1.29 is 9.53 Å². The molecule has 0 aromatic rings. The number of unbranched alkanes of at least 4 members (excludes halogenated alkanes) is 25. The lowest BCUT2D eigenvalue weighted by Gasteiger charge is -2.06. The van der Waals surface area contributed by atoms with Gasteiger partial charge in [-0.1, -0.05) is 174 Å². The van der Waals surface area contributed by atoms with Gasteiger partial charge in [0.1, 0.15) is 0 Å². The number of ether oxygens (including phenoxy) is 1. The molecule has 0 unspecified atom stereocenters. The summed E-state index contributed by atoms with van der Waals surface area (Å²) in [4.78, 5) is 11.8. The zero-order chi connectivity index (χ0) is 24.8. The van der Waals surface area contributed by atoms with Crippen LogP contribution in [0, 0.1) is 0 Å². The highest BCUT2D eigenvalue weighted by atomic mass is 16.5. The van der Waals surface area contributed by atoms with Gasteiger partial charge in [0.2, 0.25) is 0 Å². The monoisotopic (exact) mass is 480 g/mol. The van der Waals surface area contributed by atoms with Crippen LogP contribution in [-0.2, 0) is 9.53 Å². The van der Waals surface area contributed by atoms with Crippen LogP contribution in [0.3, 0.4) is 0 Å². The summed E-state index contributed by atoms with van der Waals surface area (Å²) in [5, 5.41) is 0. The third-order valence-corrected chi connectivity index (χ3v) is 7.25. The van der Waals surface area contributed by atoms with Crippen molar-refractivity contribution in [3.05, 3.63) is 0 Å². The summed E-state index contributed by atoms with van der Waals surface area (Å²) < 4.78 is 5.40. The Morgan fingerprint density at radius 2 is 0.647 bits per heavy atom. The molecule has 0 amide bonds. The first kappa shape index (κ1) is 33.5. The summed E-state index contributed by atoms with van der Waals surface area (Å²) in [5.74, 6) is 0.0217. The van der Waals surface area contributed by atoms with E-state index in [1.807, 2.05) is 0 Å². The Morgan fingerprint density at radius 1 is 0.382 bits per heavy atom. The summed E-state index contributed by atoms with van der Waals surface area (Å²) >= 11 is 0. The molecule has 0 N–H and O–H groups in total. The van der Waals surface area contributed by atoms with Gasteiger partial charge in [0.25, 0.3) is 0 Å². The molecule has 2 heteroatoms. The van der Waals surface area contributed by atoms with Gasteiger partial charge in [0.15, 0.2) is 0 Å². The number of hydrogen-bond acceptors (Lipinski definition) is 2. The van der Waals surface area contributed by atoms with E-state index in [4.69, 9.17) is 4.74 Å². The largest absolute Gasteiger partial charge is 0.466 e. The molecule has 0 saturated heterocycles. The van der Waals surface area contributed by atoms with Gasteiger partial charge in [-0.25, -0.2) is 0 Å². The molecular weight excluding hydrogens is 416 g/mol. The van der Waals surface area contributed by atoms with Crippen LogP contribution in [0.15, 0.2) is 0 Å². The molecule has 0 radical (unpaired) electrons. The highest BCUT2D eigenvalue weighted by Crippen LogP contribution is 2.15. The van der Waals surface area contributed by atoms with Crippen molar-refractivity contribution in [3.63, 3.8) is 0 Å². The van der Waals surface area contributed by atoms with Crippen LogP contribution in [-0.4, -0.2) is 12.6 Å². The van der Waals surface area contributed by atoms with E-state index >= 15 is 0 Å². The topological polar surface area (TPSA) is 26.3 Å². The van der Waals surface area contributed by atoms with Crippen molar-refractivity contribution in [1.29, 1.82) is 0 Å². The maximum Gasteiger partial charge on any atom is 0.305 e. The van der Waals surface area contributed by atoms with Crippen molar-refractivity contribution >= 4 is 5.97 Å². The minimum atomic E-state index is 0.0217. The third kappa shape index (κ3) is 29.5. The minimum Gasteiger partial charge on any atom is -0.466 e. The average Bonchev–Trinajstić information content (AvgIpc) is 2.84. The quantitative estimate of drug-likeness (QED) is 0.0785. The lowest BCUT2D eigenvalue weighted by Crippen LogP contribution is -2.05. The van der Waals surface area contributed by atoms with Gasteiger partial charge in [0.05, 0.1) is 6.61 Å². The summed E-state index contributed by atoms with van der Waals surface area (Å²) in [5.41, 5.74) is 0. The van der Waals surface area contributed by atoms with E-state index in [0.717, 1.165) is 12.8 Å². The van der Waals surface area contributed by atoms with Crippen molar-refractivity contribution in [2.45, 2.75) is 194 Å². The molecule has 0 atom stereocenters.